The van der Waals surface area contributed by atoms with Gasteiger partial charge in [-0.05, 0) is 44.2 Å². The van der Waals surface area contributed by atoms with E-state index in [1.54, 1.807) is 12.1 Å². The molecule has 1 saturated heterocycles. The second-order valence-corrected chi connectivity index (χ2v) is 5.20. The molecule has 1 atom stereocenters. The van der Waals surface area contributed by atoms with Crippen LogP contribution in [0, 0.1) is 13.8 Å². The van der Waals surface area contributed by atoms with E-state index in [1.807, 2.05) is 36.7 Å². The van der Waals surface area contributed by atoms with E-state index in [0.717, 1.165) is 17.1 Å². The zero-order valence-electron chi connectivity index (χ0n) is 12.0. The first-order chi connectivity index (χ1) is 10.0. The van der Waals surface area contributed by atoms with Crippen LogP contribution in [0.1, 0.15) is 21.7 Å². The third-order valence-corrected chi connectivity index (χ3v) is 3.39. The highest BCUT2D eigenvalue weighted by molar-refractivity contribution is 5.93. The van der Waals surface area contributed by atoms with Gasteiger partial charge in [0, 0.05) is 11.3 Å². The van der Waals surface area contributed by atoms with Crippen LogP contribution in [-0.4, -0.2) is 45.1 Å². The quantitative estimate of drug-likeness (QED) is 0.902. The van der Waals surface area contributed by atoms with Gasteiger partial charge in [-0.25, -0.2) is 9.75 Å². The van der Waals surface area contributed by atoms with Gasteiger partial charge in [0.05, 0.1) is 17.9 Å². The minimum absolute atomic E-state index is 0.162. The maximum absolute atomic E-state index is 12.2. The number of aromatic nitrogens is 2. The van der Waals surface area contributed by atoms with Gasteiger partial charge in [-0.2, -0.15) is 5.10 Å². The van der Waals surface area contributed by atoms with E-state index in [-0.39, 0.29) is 19.1 Å². The summed E-state index contributed by atoms with van der Waals surface area (Å²) >= 11 is 0. The van der Waals surface area contributed by atoms with Crippen LogP contribution in [0.25, 0.3) is 5.69 Å². The number of hydroxylamine groups is 2. The molecule has 6 heteroatoms. The van der Waals surface area contributed by atoms with Gasteiger partial charge in [0.25, 0.3) is 5.91 Å². The fourth-order valence-corrected chi connectivity index (χ4v) is 2.39. The van der Waals surface area contributed by atoms with Crippen LogP contribution in [0.3, 0.4) is 0 Å². The second kappa shape index (κ2) is 5.31. The van der Waals surface area contributed by atoms with Crippen molar-refractivity contribution in [3.63, 3.8) is 0 Å². The van der Waals surface area contributed by atoms with E-state index in [4.69, 9.17) is 4.84 Å². The number of hydrogen-bond acceptors (Lipinski definition) is 4. The molecule has 2 heterocycles. The molecule has 2 aromatic rings. The number of nitrogens with zero attached hydrogens (tertiary/aromatic N) is 3. The van der Waals surface area contributed by atoms with Crippen molar-refractivity contribution in [1.29, 1.82) is 0 Å². The number of rotatable bonds is 2. The van der Waals surface area contributed by atoms with Crippen LogP contribution in [0.15, 0.2) is 30.3 Å². The maximum atomic E-state index is 12.2. The Morgan fingerprint density at radius 3 is 2.57 bits per heavy atom. The summed E-state index contributed by atoms with van der Waals surface area (Å²) in [6.45, 7) is 4.30. The number of carbonyl (C=O) groups is 1. The monoisotopic (exact) mass is 287 g/mol. The van der Waals surface area contributed by atoms with E-state index in [9.17, 15) is 9.90 Å². The van der Waals surface area contributed by atoms with Crippen molar-refractivity contribution in [2.45, 2.75) is 20.0 Å². The largest absolute Gasteiger partial charge is 0.389 e. The Bertz CT molecular complexity index is 663. The predicted octanol–water partition coefficient (Wildman–Crippen LogP) is 1.24. The van der Waals surface area contributed by atoms with Gasteiger partial charge in [-0.1, -0.05) is 0 Å². The zero-order valence-corrected chi connectivity index (χ0v) is 12.0. The molecule has 21 heavy (non-hydrogen) atoms. The highest BCUT2D eigenvalue weighted by Gasteiger charge is 2.26. The number of hydrogen-bond donors (Lipinski definition) is 1. The summed E-state index contributed by atoms with van der Waals surface area (Å²) < 4.78 is 1.83. The molecule has 0 radical (unpaired) electrons. The predicted molar refractivity (Wildman–Crippen MR) is 76.0 cm³/mol. The lowest BCUT2D eigenvalue weighted by molar-refractivity contribution is -0.0779. The van der Waals surface area contributed by atoms with Gasteiger partial charge in [-0.3, -0.25) is 9.63 Å². The van der Waals surface area contributed by atoms with Crippen molar-refractivity contribution < 1.29 is 14.7 Å². The van der Waals surface area contributed by atoms with Crippen LogP contribution in [0.2, 0.25) is 0 Å². The van der Waals surface area contributed by atoms with Gasteiger partial charge in [0.2, 0.25) is 0 Å². The van der Waals surface area contributed by atoms with Crippen molar-refractivity contribution in [3.05, 3.63) is 47.3 Å². The van der Waals surface area contributed by atoms with Crippen LogP contribution in [0.5, 0.6) is 0 Å². The van der Waals surface area contributed by atoms with Gasteiger partial charge >= 0.3 is 0 Å². The fraction of sp³-hybridized carbons (Fsp3) is 0.333. The number of aliphatic hydroxyl groups is 1. The summed E-state index contributed by atoms with van der Waals surface area (Å²) in [6, 6.07) is 9.17. The zero-order chi connectivity index (χ0) is 15.0. The highest BCUT2D eigenvalue weighted by atomic mass is 16.7. The molecule has 0 spiro atoms. The molecule has 1 unspecified atom stereocenters. The lowest BCUT2D eigenvalue weighted by Gasteiger charge is -2.14. The lowest BCUT2D eigenvalue weighted by atomic mass is 10.2. The Balaban J connectivity index is 1.81. The van der Waals surface area contributed by atoms with Crippen molar-refractivity contribution in [3.8, 4) is 5.69 Å². The normalized spacial score (nSPS) is 18.2. The first kappa shape index (κ1) is 13.8. The SMILES string of the molecule is Cc1cc(C)n(-c2ccc(C(=O)N3CC(O)CO3)cc2)n1. The Morgan fingerprint density at radius 2 is 2.05 bits per heavy atom. The summed E-state index contributed by atoms with van der Waals surface area (Å²) in [7, 11) is 0. The van der Waals surface area contributed by atoms with Crippen LogP contribution in [0.4, 0.5) is 0 Å². The van der Waals surface area contributed by atoms with E-state index in [2.05, 4.69) is 5.10 Å². The molecule has 1 amide bonds. The van der Waals surface area contributed by atoms with E-state index >= 15 is 0 Å². The topological polar surface area (TPSA) is 67.6 Å². The highest BCUT2D eigenvalue weighted by Crippen LogP contribution is 2.16. The van der Waals surface area contributed by atoms with E-state index in [1.165, 1.54) is 5.06 Å². The van der Waals surface area contributed by atoms with Crippen molar-refractivity contribution in [1.82, 2.24) is 14.8 Å². The molecule has 3 rings (SSSR count). The van der Waals surface area contributed by atoms with E-state index in [0.29, 0.717) is 5.56 Å². The Labute approximate surface area is 122 Å². The molecule has 0 bridgehead atoms. The molecular weight excluding hydrogens is 270 g/mol. The van der Waals surface area contributed by atoms with Crippen LogP contribution in [-0.2, 0) is 4.84 Å². The van der Waals surface area contributed by atoms with Crippen molar-refractivity contribution in [2.75, 3.05) is 13.2 Å². The Kier molecular flexibility index (Phi) is 3.48. The van der Waals surface area contributed by atoms with E-state index < -0.39 is 6.10 Å². The van der Waals surface area contributed by atoms with Crippen LogP contribution < -0.4 is 0 Å². The molecule has 1 aromatic heterocycles. The van der Waals surface area contributed by atoms with Crippen LogP contribution >= 0.6 is 0 Å². The summed E-state index contributed by atoms with van der Waals surface area (Å²) in [5, 5.41) is 15.0. The van der Waals surface area contributed by atoms with Crippen molar-refractivity contribution in [2.24, 2.45) is 0 Å². The molecule has 1 aliphatic rings. The summed E-state index contributed by atoms with van der Waals surface area (Å²) in [5.41, 5.74) is 3.42. The number of β-amino-alcohol motifs (C(OH)–C–C–N with tert-alkyl or cyclic N) is 1. The van der Waals surface area contributed by atoms with Gasteiger partial charge in [0.15, 0.2) is 0 Å². The molecule has 0 aliphatic carbocycles. The first-order valence-corrected chi connectivity index (χ1v) is 6.81. The molecule has 1 aliphatic heterocycles. The third-order valence-electron chi connectivity index (χ3n) is 3.39. The molecule has 1 fully saturated rings. The number of aliphatic hydroxyl groups excluding tert-OH is 1. The molecular formula is C15H17N3O3. The molecule has 6 nitrogen and oxygen atoms in total. The van der Waals surface area contributed by atoms with Gasteiger partial charge < -0.3 is 5.11 Å². The molecule has 110 valence electrons. The average Bonchev–Trinajstić information content (AvgIpc) is 3.04. The Hall–Kier alpha value is -2.18. The van der Waals surface area contributed by atoms with Gasteiger partial charge in [-0.15, -0.1) is 0 Å². The summed E-state index contributed by atoms with van der Waals surface area (Å²) in [6.07, 6.45) is -0.608. The summed E-state index contributed by atoms with van der Waals surface area (Å²) in [5.74, 6) is -0.244. The minimum Gasteiger partial charge on any atom is -0.389 e. The number of aryl methyl sites for hydroxylation is 2. The smallest absolute Gasteiger partial charge is 0.277 e. The first-order valence-electron chi connectivity index (χ1n) is 6.81. The fourth-order valence-electron chi connectivity index (χ4n) is 2.39. The molecule has 1 N–H and O–H groups in total. The molecule has 0 saturated carbocycles. The minimum atomic E-state index is -0.608. The summed E-state index contributed by atoms with van der Waals surface area (Å²) in [4.78, 5) is 17.3. The second-order valence-electron chi connectivity index (χ2n) is 5.20. The van der Waals surface area contributed by atoms with Gasteiger partial charge in [0.1, 0.15) is 12.7 Å². The Morgan fingerprint density at radius 1 is 1.33 bits per heavy atom. The maximum Gasteiger partial charge on any atom is 0.277 e. The van der Waals surface area contributed by atoms with Crippen molar-refractivity contribution >= 4 is 5.91 Å². The number of amides is 1. The standard InChI is InChI=1S/C15H17N3O3/c1-10-7-11(2)18(16-10)13-5-3-12(4-6-13)15(20)17-8-14(19)9-21-17/h3-7,14,19H,8-9H2,1-2H3. The lowest BCUT2D eigenvalue weighted by Crippen LogP contribution is -2.28. The third kappa shape index (κ3) is 2.68. The number of carbonyl (C=O) groups excluding carboxylic acids is 1. The molecule has 1 aromatic carbocycles. The number of benzene rings is 1. The average molecular weight is 287 g/mol.